The van der Waals surface area contributed by atoms with Gasteiger partial charge >= 0.3 is 4.83 Å². The molecule has 1 unspecified atom stereocenters. The first-order valence-corrected chi connectivity index (χ1v) is 7.45. The number of rotatable bonds is 3. The molecule has 1 heterocycles. The lowest BCUT2D eigenvalue weighted by Crippen LogP contribution is -2.24. The van der Waals surface area contributed by atoms with E-state index in [0.717, 1.165) is 9.15 Å². The fraction of sp³-hybridized carbons (Fsp3) is 0.231. The van der Waals surface area contributed by atoms with Gasteiger partial charge in [-0.1, -0.05) is 28.1 Å². The van der Waals surface area contributed by atoms with Crippen LogP contribution >= 0.6 is 31.9 Å². The van der Waals surface area contributed by atoms with Gasteiger partial charge in [0.1, 0.15) is 29.2 Å². The summed E-state index contributed by atoms with van der Waals surface area (Å²) in [5.41, 5.74) is 6.79. The molecule has 1 aromatic heterocycles. The Balaban J connectivity index is 2.59. The molecule has 0 bridgehead atoms. The molecule has 0 aliphatic rings. The van der Waals surface area contributed by atoms with Crippen molar-refractivity contribution in [3.05, 3.63) is 34.3 Å². The maximum absolute atomic E-state index is 13.4. The van der Waals surface area contributed by atoms with Crippen LogP contribution in [0, 0.1) is 11.3 Å². The Hall–Kier alpha value is -1.46. The molecule has 8 heteroatoms. The molecule has 0 fully saturated rings. The maximum atomic E-state index is 13.4. The van der Waals surface area contributed by atoms with Crippen LogP contribution in [0.3, 0.4) is 0 Å². The van der Waals surface area contributed by atoms with Crippen LogP contribution in [0.4, 0.5) is 14.6 Å². The lowest BCUT2D eigenvalue weighted by atomic mass is 10.1. The number of benzene rings is 1. The number of nitrogens with two attached hydrogens (primary N) is 1. The van der Waals surface area contributed by atoms with Gasteiger partial charge in [-0.05, 0) is 35.0 Å². The normalized spacial score (nSPS) is 13.0. The third-order valence-electron chi connectivity index (χ3n) is 3.02. The van der Waals surface area contributed by atoms with Crippen molar-refractivity contribution >= 4 is 37.7 Å². The van der Waals surface area contributed by atoms with Gasteiger partial charge in [0.25, 0.3) is 0 Å². The minimum Gasteiger partial charge on any atom is -0.383 e. The number of hydrogen-bond donors (Lipinski definition) is 1. The first kappa shape index (κ1) is 15.9. The van der Waals surface area contributed by atoms with Gasteiger partial charge in [-0.2, -0.15) is 19.1 Å². The van der Waals surface area contributed by atoms with E-state index in [-0.39, 0.29) is 17.1 Å². The number of aromatic nitrogens is 2. The topological polar surface area (TPSA) is 67.6 Å². The molecule has 0 spiro atoms. The summed E-state index contributed by atoms with van der Waals surface area (Å²) in [6, 6.07) is 7.60. The SMILES string of the molecule is CC(n1nc(-c2ccc(Br)cc2)c(C#N)c1N)C(F)(F)Br. The molecule has 1 aromatic carbocycles. The quantitative estimate of drug-likeness (QED) is 0.753. The Morgan fingerprint density at radius 3 is 2.43 bits per heavy atom. The highest BCUT2D eigenvalue weighted by Gasteiger charge is 2.37. The molecule has 2 rings (SSSR count). The molecule has 0 saturated heterocycles. The molecule has 4 nitrogen and oxygen atoms in total. The van der Waals surface area contributed by atoms with Crippen molar-refractivity contribution in [2.75, 3.05) is 5.73 Å². The summed E-state index contributed by atoms with van der Waals surface area (Å²) in [4.78, 5) is -3.18. The van der Waals surface area contributed by atoms with Gasteiger partial charge in [-0.25, -0.2) is 4.68 Å². The third kappa shape index (κ3) is 3.09. The number of halogens is 4. The summed E-state index contributed by atoms with van der Waals surface area (Å²) in [7, 11) is 0. The third-order valence-corrected chi connectivity index (χ3v) is 4.21. The summed E-state index contributed by atoms with van der Waals surface area (Å²) in [6.07, 6.45) is 0. The minimum absolute atomic E-state index is 0.0814. The number of nitrogen functional groups attached to an aromatic ring is 1. The van der Waals surface area contributed by atoms with Gasteiger partial charge in [0.15, 0.2) is 0 Å². The van der Waals surface area contributed by atoms with Crippen LogP contribution in [0.2, 0.25) is 0 Å². The Morgan fingerprint density at radius 2 is 1.95 bits per heavy atom. The zero-order valence-corrected chi connectivity index (χ0v) is 14.0. The summed E-state index contributed by atoms with van der Waals surface area (Å²) >= 11 is 5.60. The van der Waals surface area contributed by atoms with Crippen LogP contribution in [-0.4, -0.2) is 14.6 Å². The summed E-state index contributed by atoms with van der Waals surface area (Å²) in [5, 5.41) is 13.3. The van der Waals surface area contributed by atoms with E-state index in [9.17, 15) is 14.0 Å². The largest absolute Gasteiger partial charge is 0.383 e. The van der Waals surface area contributed by atoms with Crippen molar-refractivity contribution in [2.45, 2.75) is 17.8 Å². The summed E-state index contributed by atoms with van der Waals surface area (Å²) < 4.78 is 28.6. The molecule has 110 valence electrons. The predicted molar refractivity (Wildman–Crippen MR) is 83.1 cm³/mol. The highest BCUT2D eigenvalue weighted by molar-refractivity contribution is 9.10. The Morgan fingerprint density at radius 1 is 1.38 bits per heavy atom. The van der Waals surface area contributed by atoms with Crippen LogP contribution in [0.15, 0.2) is 28.7 Å². The van der Waals surface area contributed by atoms with Crippen LogP contribution in [0.1, 0.15) is 18.5 Å². The molecule has 21 heavy (non-hydrogen) atoms. The first-order valence-electron chi connectivity index (χ1n) is 5.86. The van der Waals surface area contributed by atoms with Gasteiger partial charge in [0, 0.05) is 10.0 Å². The van der Waals surface area contributed by atoms with Crippen LogP contribution < -0.4 is 5.73 Å². The molecule has 0 amide bonds. The number of nitriles is 1. The van der Waals surface area contributed by atoms with Crippen molar-refractivity contribution in [1.82, 2.24) is 9.78 Å². The number of hydrogen-bond acceptors (Lipinski definition) is 3. The second-order valence-corrected chi connectivity index (χ2v) is 6.36. The highest BCUT2D eigenvalue weighted by atomic mass is 79.9. The van der Waals surface area contributed by atoms with Crippen molar-refractivity contribution in [2.24, 2.45) is 0 Å². The monoisotopic (exact) mass is 418 g/mol. The van der Waals surface area contributed by atoms with E-state index < -0.39 is 10.9 Å². The second-order valence-electron chi connectivity index (χ2n) is 4.39. The summed E-state index contributed by atoms with van der Waals surface area (Å²) in [5.74, 6) is -0.0814. The Kier molecular flexibility index (Phi) is 4.35. The predicted octanol–water partition coefficient (Wildman–Crippen LogP) is 4.32. The standard InChI is InChI=1S/C13H10Br2F2N4/c1-7(13(15,16)17)21-12(19)10(6-18)11(20-21)8-2-4-9(14)5-3-8/h2-5,7H,19H2,1H3. The van der Waals surface area contributed by atoms with Crippen molar-refractivity contribution in [3.63, 3.8) is 0 Å². The first-order chi connectivity index (χ1) is 9.75. The van der Waals surface area contributed by atoms with Crippen molar-refractivity contribution < 1.29 is 8.78 Å². The van der Waals surface area contributed by atoms with E-state index in [1.165, 1.54) is 6.92 Å². The van der Waals surface area contributed by atoms with Crippen LogP contribution in [-0.2, 0) is 0 Å². The van der Waals surface area contributed by atoms with Gasteiger partial charge in [-0.3, -0.25) is 0 Å². The fourth-order valence-electron chi connectivity index (χ4n) is 1.80. The van der Waals surface area contributed by atoms with E-state index >= 15 is 0 Å². The zero-order chi connectivity index (χ0) is 15.8. The number of nitrogens with zero attached hydrogens (tertiary/aromatic N) is 3. The number of alkyl halides is 3. The van der Waals surface area contributed by atoms with Gasteiger partial charge in [0.05, 0.1) is 0 Å². The zero-order valence-electron chi connectivity index (χ0n) is 10.8. The molecular formula is C13H10Br2F2N4. The molecule has 2 aromatic rings. The lowest BCUT2D eigenvalue weighted by Gasteiger charge is -2.18. The highest BCUT2D eigenvalue weighted by Crippen LogP contribution is 2.38. The van der Waals surface area contributed by atoms with E-state index in [2.05, 4.69) is 37.0 Å². The van der Waals surface area contributed by atoms with E-state index in [1.807, 2.05) is 6.07 Å². The molecular weight excluding hydrogens is 410 g/mol. The number of anilines is 1. The van der Waals surface area contributed by atoms with Crippen LogP contribution in [0.5, 0.6) is 0 Å². The summed E-state index contributed by atoms with van der Waals surface area (Å²) in [6.45, 7) is 1.27. The maximum Gasteiger partial charge on any atom is 0.323 e. The molecule has 0 saturated carbocycles. The van der Waals surface area contributed by atoms with Crippen molar-refractivity contribution in [1.29, 1.82) is 5.26 Å². The molecule has 0 aliphatic heterocycles. The Bertz CT molecular complexity index is 699. The Labute approximate surface area is 136 Å². The molecule has 0 radical (unpaired) electrons. The van der Waals surface area contributed by atoms with Crippen LogP contribution in [0.25, 0.3) is 11.3 Å². The van der Waals surface area contributed by atoms with Gasteiger partial charge < -0.3 is 5.73 Å². The van der Waals surface area contributed by atoms with E-state index in [4.69, 9.17) is 5.73 Å². The average Bonchev–Trinajstić information content (AvgIpc) is 2.74. The van der Waals surface area contributed by atoms with Gasteiger partial charge in [-0.15, -0.1) is 0 Å². The minimum atomic E-state index is -3.18. The van der Waals surface area contributed by atoms with E-state index in [1.54, 1.807) is 24.3 Å². The fourth-order valence-corrected chi connectivity index (χ4v) is 2.26. The lowest BCUT2D eigenvalue weighted by molar-refractivity contribution is 0.0556. The average molecular weight is 420 g/mol. The second kappa shape index (κ2) is 5.73. The van der Waals surface area contributed by atoms with Gasteiger partial charge in [0.2, 0.25) is 0 Å². The van der Waals surface area contributed by atoms with E-state index in [0.29, 0.717) is 5.56 Å². The molecule has 0 aliphatic carbocycles. The van der Waals surface area contributed by atoms with Crippen molar-refractivity contribution in [3.8, 4) is 17.3 Å². The smallest absolute Gasteiger partial charge is 0.323 e. The molecule has 1 atom stereocenters. The molecule has 2 N–H and O–H groups in total.